The van der Waals surface area contributed by atoms with Crippen molar-refractivity contribution in [3.05, 3.63) is 161 Å². The second kappa shape index (κ2) is 14.0. The van der Waals surface area contributed by atoms with Crippen LogP contribution in [0.25, 0.3) is 33.4 Å². The average Bonchev–Trinajstić information content (AvgIpc) is 3.40. The zero-order valence-electron chi connectivity index (χ0n) is 34.7. The highest BCUT2D eigenvalue weighted by Gasteiger charge is 2.36. The van der Waals surface area contributed by atoms with Crippen LogP contribution in [0, 0.1) is 6.92 Å². The number of fused-ring (bicyclic) bond motifs is 3. The van der Waals surface area contributed by atoms with Gasteiger partial charge >= 0.3 is 0 Å². The van der Waals surface area contributed by atoms with Crippen LogP contribution in [0.5, 0.6) is 0 Å². The number of aryl methyl sites for hydroxylation is 1. The van der Waals surface area contributed by atoms with E-state index >= 15 is 0 Å². The quantitative estimate of drug-likeness (QED) is 0.165. The summed E-state index contributed by atoms with van der Waals surface area (Å²) in [5.74, 6) is 0.645. The molecule has 0 aromatic heterocycles. The summed E-state index contributed by atoms with van der Waals surface area (Å²) in [6.07, 6.45) is 6.62. The van der Waals surface area contributed by atoms with Crippen molar-refractivity contribution >= 4 is 17.1 Å². The minimum atomic E-state index is -0.0636. The van der Waals surface area contributed by atoms with Gasteiger partial charge in [0.05, 0.1) is 0 Å². The van der Waals surface area contributed by atoms with E-state index in [0.29, 0.717) is 5.92 Å². The molecule has 0 atom stereocenters. The molecular formula is C54H59N. The largest absolute Gasteiger partial charge is 0.310 e. The number of benzene rings is 6. The first-order valence-corrected chi connectivity index (χ1v) is 20.7. The molecular weight excluding hydrogens is 663 g/mol. The van der Waals surface area contributed by atoms with Crippen LogP contribution in [0.4, 0.5) is 17.1 Å². The third-order valence-corrected chi connectivity index (χ3v) is 12.7. The molecule has 1 nitrogen and oxygen atoms in total. The molecule has 0 heterocycles. The van der Waals surface area contributed by atoms with Gasteiger partial charge in [0.15, 0.2) is 0 Å². The fraction of sp³-hybridized carbons (Fsp3) is 0.333. The summed E-state index contributed by atoms with van der Waals surface area (Å²) in [5, 5.41) is 0. The van der Waals surface area contributed by atoms with Gasteiger partial charge in [-0.25, -0.2) is 0 Å². The van der Waals surface area contributed by atoms with Crippen molar-refractivity contribution in [2.24, 2.45) is 0 Å². The van der Waals surface area contributed by atoms with Crippen molar-refractivity contribution in [1.29, 1.82) is 0 Å². The Kier molecular flexibility index (Phi) is 9.44. The molecule has 1 fully saturated rings. The standard InChI is InChI=1S/C54H59N/c1-36-30-45(26-28-47(36)39-24-22-38(23-25-39)41-31-42(52(2,3)4)34-43(32-41)53(5,6)7)55(44-19-15-18-40(33-44)37-16-11-10-12-17-37)46-27-29-49-48-20-13-14-21-50(48)54(8,9)51(49)35-46/h13-15,18-35,37H,10-12,16-17H2,1-9H3. The lowest BCUT2D eigenvalue weighted by Gasteiger charge is -2.30. The number of hydrogen-bond donors (Lipinski definition) is 0. The van der Waals surface area contributed by atoms with Crippen molar-refractivity contribution in [2.45, 2.75) is 117 Å². The highest BCUT2D eigenvalue weighted by molar-refractivity contribution is 5.86. The first kappa shape index (κ1) is 37.1. The van der Waals surface area contributed by atoms with E-state index in [1.165, 1.54) is 116 Å². The molecule has 0 radical (unpaired) electrons. The molecule has 0 saturated heterocycles. The lowest BCUT2D eigenvalue weighted by Crippen LogP contribution is -2.17. The van der Waals surface area contributed by atoms with Crippen molar-refractivity contribution < 1.29 is 0 Å². The van der Waals surface area contributed by atoms with E-state index in [4.69, 9.17) is 0 Å². The SMILES string of the molecule is Cc1cc(N(c2cccc(C3CCCCC3)c2)c2ccc3c(c2)C(C)(C)c2ccccc2-3)ccc1-c1ccc(-c2cc(C(C)(C)C)cc(C(C)(C)C)c2)cc1. The van der Waals surface area contributed by atoms with Crippen molar-refractivity contribution in [3.63, 3.8) is 0 Å². The molecule has 2 aliphatic carbocycles. The maximum Gasteiger partial charge on any atom is 0.0465 e. The van der Waals surface area contributed by atoms with Crippen LogP contribution in [0.15, 0.2) is 127 Å². The number of rotatable bonds is 6. The second-order valence-corrected chi connectivity index (χ2v) is 19.0. The average molecular weight is 722 g/mol. The Balaban J connectivity index is 1.18. The van der Waals surface area contributed by atoms with Crippen LogP contribution >= 0.6 is 0 Å². The van der Waals surface area contributed by atoms with E-state index in [1.54, 1.807) is 0 Å². The monoisotopic (exact) mass is 721 g/mol. The molecule has 1 heteroatoms. The van der Waals surface area contributed by atoms with Crippen LogP contribution in [0.2, 0.25) is 0 Å². The maximum absolute atomic E-state index is 2.50. The van der Waals surface area contributed by atoms with Crippen molar-refractivity contribution in [3.8, 4) is 33.4 Å². The molecule has 1 saturated carbocycles. The molecule has 0 unspecified atom stereocenters. The molecule has 0 N–H and O–H groups in total. The Morgan fingerprint density at radius 1 is 0.491 bits per heavy atom. The highest BCUT2D eigenvalue weighted by atomic mass is 15.1. The normalized spacial score (nSPS) is 15.4. The van der Waals surface area contributed by atoms with Gasteiger partial charge in [0.2, 0.25) is 0 Å². The summed E-state index contributed by atoms with van der Waals surface area (Å²) in [5.41, 5.74) is 19.9. The van der Waals surface area contributed by atoms with E-state index in [-0.39, 0.29) is 16.2 Å². The fourth-order valence-corrected chi connectivity index (χ4v) is 9.25. The third-order valence-electron chi connectivity index (χ3n) is 12.7. The van der Waals surface area contributed by atoms with Gasteiger partial charge in [-0.3, -0.25) is 0 Å². The zero-order valence-corrected chi connectivity index (χ0v) is 34.7. The minimum Gasteiger partial charge on any atom is -0.310 e. The van der Waals surface area contributed by atoms with Gasteiger partial charge in [-0.1, -0.05) is 166 Å². The summed E-state index contributed by atoms with van der Waals surface area (Å²) in [6, 6.07) is 49.0. The minimum absolute atomic E-state index is 0.0636. The highest BCUT2D eigenvalue weighted by Crippen LogP contribution is 2.51. The summed E-state index contributed by atoms with van der Waals surface area (Å²) < 4.78 is 0. The summed E-state index contributed by atoms with van der Waals surface area (Å²) in [6.45, 7) is 20.9. The Hall–Kier alpha value is -4.88. The lowest BCUT2D eigenvalue weighted by atomic mass is 9.79. The molecule has 2 aliphatic rings. The second-order valence-electron chi connectivity index (χ2n) is 19.0. The predicted molar refractivity (Wildman–Crippen MR) is 238 cm³/mol. The molecule has 0 aliphatic heterocycles. The lowest BCUT2D eigenvalue weighted by molar-refractivity contribution is 0.443. The van der Waals surface area contributed by atoms with E-state index in [0.717, 1.165) is 0 Å². The number of nitrogens with zero attached hydrogens (tertiary/aromatic N) is 1. The maximum atomic E-state index is 2.50. The Morgan fingerprint density at radius 2 is 1.07 bits per heavy atom. The van der Waals surface area contributed by atoms with Crippen LogP contribution < -0.4 is 4.90 Å². The van der Waals surface area contributed by atoms with Crippen LogP contribution in [-0.2, 0) is 16.2 Å². The van der Waals surface area contributed by atoms with Crippen LogP contribution in [0.3, 0.4) is 0 Å². The summed E-state index contributed by atoms with van der Waals surface area (Å²) in [4.78, 5) is 2.50. The predicted octanol–water partition coefficient (Wildman–Crippen LogP) is 15.7. The molecule has 55 heavy (non-hydrogen) atoms. The van der Waals surface area contributed by atoms with Crippen LogP contribution in [0.1, 0.15) is 127 Å². The Morgan fingerprint density at radius 3 is 1.73 bits per heavy atom. The Bertz CT molecular complexity index is 2320. The van der Waals surface area contributed by atoms with Gasteiger partial charge in [0.1, 0.15) is 0 Å². The molecule has 0 spiro atoms. The molecule has 8 rings (SSSR count). The summed E-state index contributed by atoms with van der Waals surface area (Å²) in [7, 11) is 0. The molecule has 6 aromatic rings. The first-order chi connectivity index (χ1) is 26.2. The topological polar surface area (TPSA) is 3.24 Å². The van der Waals surface area contributed by atoms with Gasteiger partial charge in [0.25, 0.3) is 0 Å². The molecule has 0 bridgehead atoms. The Labute approximate surface area is 331 Å². The van der Waals surface area contributed by atoms with Crippen molar-refractivity contribution in [1.82, 2.24) is 0 Å². The van der Waals surface area contributed by atoms with E-state index in [2.05, 4.69) is 195 Å². The number of hydrogen-bond acceptors (Lipinski definition) is 1. The molecule has 280 valence electrons. The third kappa shape index (κ3) is 7.08. The smallest absolute Gasteiger partial charge is 0.0465 e. The van der Waals surface area contributed by atoms with Crippen molar-refractivity contribution in [2.75, 3.05) is 4.90 Å². The number of anilines is 3. The molecule has 6 aromatic carbocycles. The molecule has 0 amide bonds. The van der Waals surface area contributed by atoms with E-state index in [9.17, 15) is 0 Å². The van der Waals surface area contributed by atoms with E-state index in [1.807, 2.05) is 0 Å². The fourth-order valence-electron chi connectivity index (χ4n) is 9.25. The summed E-state index contributed by atoms with van der Waals surface area (Å²) >= 11 is 0. The van der Waals surface area contributed by atoms with E-state index < -0.39 is 0 Å². The van der Waals surface area contributed by atoms with Gasteiger partial charge in [-0.2, -0.15) is 0 Å². The van der Waals surface area contributed by atoms with Gasteiger partial charge in [0, 0.05) is 22.5 Å². The van der Waals surface area contributed by atoms with Gasteiger partial charge in [-0.15, -0.1) is 0 Å². The van der Waals surface area contributed by atoms with Gasteiger partial charge < -0.3 is 4.90 Å². The van der Waals surface area contributed by atoms with Crippen LogP contribution in [-0.4, -0.2) is 0 Å². The zero-order chi connectivity index (χ0) is 38.7. The first-order valence-electron chi connectivity index (χ1n) is 20.7. The van der Waals surface area contributed by atoms with Gasteiger partial charge in [-0.05, 0) is 140 Å².